The lowest BCUT2D eigenvalue weighted by Crippen LogP contribution is -2.53. The Morgan fingerprint density at radius 3 is 2.55 bits per heavy atom. The molecule has 5 atom stereocenters. The molecular formula is C23H28O7S. The second-order valence-electron chi connectivity index (χ2n) is 8.01. The lowest BCUT2D eigenvalue weighted by Gasteiger charge is -2.43. The zero-order chi connectivity index (χ0) is 21.8. The van der Waals surface area contributed by atoms with Crippen LogP contribution in [0.5, 0.6) is 5.75 Å². The number of ether oxygens (including phenoxy) is 4. The van der Waals surface area contributed by atoms with Crippen LogP contribution in [0, 0.1) is 5.92 Å². The van der Waals surface area contributed by atoms with E-state index in [1.54, 1.807) is 7.11 Å². The van der Waals surface area contributed by atoms with Crippen LogP contribution in [0.15, 0.2) is 54.6 Å². The van der Waals surface area contributed by atoms with Gasteiger partial charge in [-0.3, -0.25) is 0 Å². The Hall–Kier alpha value is -1.97. The highest BCUT2D eigenvalue weighted by Crippen LogP contribution is 2.35. The van der Waals surface area contributed by atoms with E-state index >= 15 is 0 Å². The van der Waals surface area contributed by atoms with Gasteiger partial charge in [-0.15, -0.1) is 0 Å². The first-order valence-electron chi connectivity index (χ1n) is 10.4. The van der Waals surface area contributed by atoms with Crippen molar-refractivity contribution >= 4 is 9.84 Å². The Morgan fingerprint density at radius 1 is 1.10 bits per heavy atom. The predicted octanol–water partition coefficient (Wildman–Crippen LogP) is 2.49. The quantitative estimate of drug-likeness (QED) is 0.726. The van der Waals surface area contributed by atoms with Gasteiger partial charge < -0.3 is 24.1 Å². The third kappa shape index (κ3) is 5.45. The summed E-state index contributed by atoms with van der Waals surface area (Å²) in [5.41, 5.74) is 1.79. The van der Waals surface area contributed by atoms with Gasteiger partial charge in [-0.2, -0.15) is 0 Å². The number of hydrogen-bond donors (Lipinski definition) is 1. The van der Waals surface area contributed by atoms with Crippen molar-refractivity contribution in [3.63, 3.8) is 0 Å². The molecule has 168 valence electrons. The first-order chi connectivity index (χ1) is 14.9. The molecule has 2 heterocycles. The van der Waals surface area contributed by atoms with E-state index in [0.29, 0.717) is 6.61 Å². The molecule has 1 unspecified atom stereocenters. The topological polar surface area (TPSA) is 91.3 Å². The number of methoxy groups -OCH3 is 1. The molecule has 0 bridgehead atoms. The fraction of sp³-hybridized carbons (Fsp3) is 0.478. The number of hydrogen-bond acceptors (Lipinski definition) is 7. The second kappa shape index (κ2) is 9.67. The van der Waals surface area contributed by atoms with Crippen molar-refractivity contribution in [1.82, 2.24) is 0 Å². The fourth-order valence-corrected chi connectivity index (χ4v) is 5.86. The zero-order valence-corrected chi connectivity index (χ0v) is 18.2. The fourth-order valence-electron chi connectivity index (χ4n) is 4.09. The molecule has 0 aliphatic carbocycles. The molecule has 2 aromatic rings. The maximum atomic E-state index is 12.3. The van der Waals surface area contributed by atoms with Gasteiger partial charge in [0.15, 0.2) is 16.1 Å². The summed E-state index contributed by atoms with van der Waals surface area (Å²) in [5.74, 6) is 0.0535. The molecule has 0 spiro atoms. The van der Waals surface area contributed by atoms with Crippen LogP contribution in [-0.4, -0.2) is 57.1 Å². The highest BCUT2D eigenvalue weighted by molar-refractivity contribution is 7.91. The molecule has 2 aromatic carbocycles. The van der Waals surface area contributed by atoms with Gasteiger partial charge in [-0.25, -0.2) is 8.42 Å². The first kappa shape index (κ1) is 22.2. The summed E-state index contributed by atoms with van der Waals surface area (Å²) in [5, 5.41) is 10.6. The molecule has 0 radical (unpaired) electrons. The van der Waals surface area contributed by atoms with Crippen molar-refractivity contribution in [3.05, 3.63) is 65.7 Å². The molecule has 2 fully saturated rings. The van der Waals surface area contributed by atoms with E-state index in [2.05, 4.69) is 0 Å². The largest absolute Gasteiger partial charge is 0.497 e. The van der Waals surface area contributed by atoms with Gasteiger partial charge in [-0.1, -0.05) is 42.5 Å². The third-order valence-corrected chi connectivity index (χ3v) is 7.59. The number of benzene rings is 2. The maximum absolute atomic E-state index is 12.3. The zero-order valence-electron chi connectivity index (χ0n) is 17.4. The minimum Gasteiger partial charge on any atom is -0.497 e. The molecule has 8 heteroatoms. The maximum Gasteiger partial charge on any atom is 0.184 e. The molecule has 0 aromatic heterocycles. The van der Waals surface area contributed by atoms with Gasteiger partial charge in [0.05, 0.1) is 44.0 Å². The molecule has 31 heavy (non-hydrogen) atoms. The number of sulfone groups is 1. The van der Waals surface area contributed by atoms with E-state index in [-0.39, 0.29) is 24.5 Å². The average molecular weight is 449 g/mol. The van der Waals surface area contributed by atoms with E-state index in [4.69, 9.17) is 18.9 Å². The Balaban J connectivity index is 1.52. The van der Waals surface area contributed by atoms with Gasteiger partial charge >= 0.3 is 0 Å². The number of aliphatic hydroxyl groups excluding tert-OH is 1. The average Bonchev–Trinajstić information content (AvgIpc) is 2.80. The molecule has 2 aliphatic rings. The van der Waals surface area contributed by atoms with E-state index in [0.717, 1.165) is 16.9 Å². The molecule has 0 amide bonds. The minimum absolute atomic E-state index is 0.00657. The summed E-state index contributed by atoms with van der Waals surface area (Å²) in [6.45, 7) is 0.549. The summed E-state index contributed by atoms with van der Waals surface area (Å²) in [6.07, 6.45) is -2.31. The lowest BCUT2D eigenvalue weighted by atomic mass is 9.91. The highest BCUT2D eigenvalue weighted by Gasteiger charge is 2.45. The third-order valence-electron chi connectivity index (χ3n) is 5.84. The molecule has 2 aliphatic heterocycles. The van der Waals surface area contributed by atoms with Crippen molar-refractivity contribution in [1.29, 1.82) is 0 Å². The highest BCUT2D eigenvalue weighted by atomic mass is 32.2. The van der Waals surface area contributed by atoms with Crippen molar-refractivity contribution in [3.8, 4) is 5.75 Å². The second-order valence-corrected chi connectivity index (χ2v) is 10.2. The smallest absolute Gasteiger partial charge is 0.184 e. The Labute approximate surface area is 182 Å². The van der Waals surface area contributed by atoms with Crippen LogP contribution in [0.1, 0.15) is 23.8 Å². The summed E-state index contributed by atoms with van der Waals surface area (Å²) in [4.78, 5) is 0. The Bertz CT molecular complexity index is 946. The molecule has 2 saturated heterocycles. The van der Waals surface area contributed by atoms with Gasteiger partial charge in [0.1, 0.15) is 11.9 Å². The van der Waals surface area contributed by atoms with Crippen molar-refractivity contribution in [2.24, 2.45) is 5.92 Å². The minimum atomic E-state index is -3.24. The van der Waals surface area contributed by atoms with Crippen LogP contribution < -0.4 is 4.74 Å². The molecule has 7 nitrogen and oxygen atoms in total. The predicted molar refractivity (Wildman–Crippen MR) is 114 cm³/mol. The number of aliphatic hydroxyl groups is 1. The van der Waals surface area contributed by atoms with Crippen molar-refractivity contribution < 1.29 is 32.5 Å². The van der Waals surface area contributed by atoms with Gasteiger partial charge in [-0.05, 0) is 24.1 Å². The summed E-state index contributed by atoms with van der Waals surface area (Å²) < 4.78 is 48.0. The van der Waals surface area contributed by atoms with Crippen molar-refractivity contribution in [2.45, 2.75) is 37.6 Å². The van der Waals surface area contributed by atoms with Crippen LogP contribution in [0.25, 0.3) is 0 Å². The summed E-state index contributed by atoms with van der Waals surface area (Å²) >= 11 is 0. The van der Waals surface area contributed by atoms with E-state index in [1.807, 2.05) is 54.6 Å². The van der Waals surface area contributed by atoms with E-state index < -0.39 is 40.4 Å². The van der Waals surface area contributed by atoms with Crippen LogP contribution in [0.3, 0.4) is 0 Å². The van der Waals surface area contributed by atoms with E-state index in [1.165, 1.54) is 0 Å². The van der Waals surface area contributed by atoms with Gasteiger partial charge in [0, 0.05) is 11.5 Å². The molecule has 1 N–H and O–H groups in total. The van der Waals surface area contributed by atoms with E-state index in [9.17, 15) is 13.5 Å². The standard InChI is InChI=1S/C23H28O7S/c1-27-18-9-7-16(8-10-18)13-28-21-14-29-23(17-5-3-2-4-6-17)30-22(21)19-15-31(25,26)12-11-20(19)24/h2-10,19-24H,11-15H2,1H3/t19-,20-,21-,22+,23?/m1/s1. The Kier molecular flexibility index (Phi) is 6.93. The van der Waals surface area contributed by atoms with Crippen LogP contribution in [0.4, 0.5) is 0 Å². The normalized spacial score (nSPS) is 30.6. The first-order valence-corrected chi connectivity index (χ1v) is 12.2. The SMILES string of the molecule is COc1ccc(CO[C@@H]2COC(c3ccccc3)O[C@H]2[C@@H]2CS(=O)(=O)CC[C@H]2O)cc1. The summed E-state index contributed by atoms with van der Waals surface area (Å²) in [7, 11) is -1.63. The Morgan fingerprint density at radius 2 is 1.84 bits per heavy atom. The monoisotopic (exact) mass is 448 g/mol. The van der Waals surface area contributed by atoms with Crippen molar-refractivity contribution in [2.75, 3.05) is 25.2 Å². The van der Waals surface area contributed by atoms with Gasteiger partial charge in [0.25, 0.3) is 0 Å². The lowest BCUT2D eigenvalue weighted by molar-refractivity contribution is -0.283. The molecule has 4 rings (SSSR count). The van der Waals surface area contributed by atoms with Crippen LogP contribution >= 0.6 is 0 Å². The summed E-state index contributed by atoms with van der Waals surface area (Å²) in [6, 6.07) is 17.0. The van der Waals surface area contributed by atoms with Crippen LogP contribution in [0.2, 0.25) is 0 Å². The molecule has 0 saturated carbocycles. The number of rotatable bonds is 6. The van der Waals surface area contributed by atoms with Gasteiger partial charge in [0.2, 0.25) is 0 Å². The van der Waals surface area contributed by atoms with Crippen LogP contribution in [-0.2, 0) is 30.7 Å². The molecular weight excluding hydrogens is 420 g/mol.